The maximum atomic E-state index is 10.5. The second kappa shape index (κ2) is 8.57. The van der Waals surface area contributed by atoms with Gasteiger partial charge in [-0.3, -0.25) is 4.79 Å². The zero-order chi connectivity index (χ0) is 10.4. The van der Waals surface area contributed by atoms with Crippen molar-refractivity contribution >= 4 is 35.5 Å². The van der Waals surface area contributed by atoms with Crippen molar-refractivity contribution in [2.45, 2.75) is 64.0 Å². The van der Waals surface area contributed by atoms with Gasteiger partial charge in [0.1, 0.15) is 0 Å². The average Bonchev–Trinajstić information content (AvgIpc) is 2.31. The molecule has 4 heteroatoms. The summed E-state index contributed by atoms with van der Waals surface area (Å²) in [5.74, 6) is -0.710. The van der Waals surface area contributed by atoms with Gasteiger partial charge in [0, 0.05) is 41.6 Å². The van der Waals surface area contributed by atoms with Crippen LogP contribution in [0, 0.1) is 0 Å². The monoisotopic (exact) mass is 222 g/mol. The third kappa shape index (κ3) is 7.34. The summed E-state index contributed by atoms with van der Waals surface area (Å²) >= 11 is 0. The minimum Gasteiger partial charge on any atom is -0.481 e. The van der Waals surface area contributed by atoms with Gasteiger partial charge in [-0.1, -0.05) is 25.7 Å². The second-order valence-corrected chi connectivity index (χ2v) is 4.35. The van der Waals surface area contributed by atoms with E-state index in [-0.39, 0.29) is 42.0 Å². The fraction of sp³-hybridized carbons (Fsp3) is 0.909. The topological polar surface area (TPSA) is 49.3 Å². The summed E-state index contributed by atoms with van der Waals surface area (Å²) in [7, 11) is 0. The molecule has 0 aromatic heterocycles. The van der Waals surface area contributed by atoms with Crippen LogP contribution in [0.1, 0.15) is 51.9 Å². The molecule has 2 N–H and O–H groups in total. The van der Waals surface area contributed by atoms with E-state index in [1.807, 2.05) is 6.92 Å². The predicted molar refractivity (Wildman–Crippen MR) is 62.1 cm³/mol. The summed E-state index contributed by atoms with van der Waals surface area (Å²) < 4.78 is 0. The van der Waals surface area contributed by atoms with E-state index in [4.69, 9.17) is 5.11 Å². The standard InChI is InChI=1S/C11H21NO2.Na/c1-9(8-11(13)14)12-10-6-4-2-3-5-7-10;/h9-10,12H,2-8H2,1H3,(H,13,14);. The van der Waals surface area contributed by atoms with Gasteiger partial charge in [-0.15, -0.1) is 0 Å². The predicted octanol–water partition coefficient (Wildman–Crippen LogP) is 1.78. The number of aliphatic carboxylic acids is 1. The number of carboxylic acid groups (broad SMARTS) is 1. The first-order valence-electron chi connectivity index (χ1n) is 5.66. The first-order chi connectivity index (χ1) is 6.68. The summed E-state index contributed by atoms with van der Waals surface area (Å²) in [6, 6.07) is 0.655. The molecule has 0 bridgehead atoms. The normalized spacial score (nSPS) is 20.1. The molecule has 0 saturated heterocycles. The zero-order valence-electron chi connectivity index (χ0n) is 9.96. The van der Waals surface area contributed by atoms with Crippen LogP contribution in [-0.4, -0.2) is 52.7 Å². The molecule has 3 nitrogen and oxygen atoms in total. The quantitative estimate of drug-likeness (QED) is 0.563. The van der Waals surface area contributed by atoms with Crippen LogP contribution in [0.2, 0.25) is 0 Å². The van der Waals surface area contributed by atoms with Crippen molar-refractivity contribution in [2.75, 3.05) is 0 Å². The Labute approximate surface area is 114 Å². The summed E-state index contributed by atoms with van der Waals surface area (Å²) in [6.07, 6.45) is 7.91. The molecule has 83 valence electrons. The Bertz CT molecular complexity index is 179. The zero-order valence-corrected chi connectivity index (χ0v) is 12.0. The second-order valence-electron chi connectivity index (χ2n) is 4.35. The van der Waals surface area contributed by atoms with Crippen molar-refractivity contribution < 1.29 is 9.90 Å². The van der Waals surface area contributed by atoms with E-state index in [1.165, 1.54) is 38.5 Å². The molecule has 0 heterocycles. The molecule has 0 aromatic rings. The molecule has 0 aromatic carbocycles. The van der Waals surface area contributed by atoms with Gasteiger partial charge in [-0.05, 0) is 19.8 Å². The maximum Gasteiger partial charge on any atom is 0.304 e. The number of hydrogen-bond donors (Lipinski definition) is 2. The fourth-order valence-electron chi connectivity index (χ4n) is 2.17. The largest absolute Gasteiger partial charge is 0.481 e. The molecule has 1 aliphatic rings. The van der Waals surface area contributed by atoms with Crippen LogP contribution < -0.4 is 5.32 Å². The van der Waals surface area contributed by atoms with Crippen LogP contribution >= 0.6 is 0 Å². The van der Waals surface area contributed by atoms with Crippen molar-refractivity contribution in [3.63, 3.8) is 0 Å². The molecule has 1 unspecified atom stereocenters. The van der Waals surface area contributed by atoms with E-state index in [1.54, 1.807) is 0 Å². The van der Waals surface area contributed by atoms with E-state index >= 15 is 0 Å². The Morgan fingerprint density at radius 2 is 1.87 bits per heavy atom. The number of carboxylic acids is 1. The molecule has 15 heavy (non-hydrogen) atoms. The van der Waals surface area contributed by atoms with Crippen LogP contribution in [0.25, 0.3) is 0 Å². The van der Waals surface area contributed by atoms with E-state index in [0.29, 0.717) is 6.04 Å². The molecular formula is C11H21NNaO2. The third-order valence-corrected chi connectivity index (χ3v) is 2.86. The molecule has 1 radical (unpaired) electrons. The van der Waals surface area contributed by atoms with Crippen molar-refractivity contribution in [3.8, 4) is 0 Å². The van der Waals surface area contributed by atoms with Gasteiger partial charge in [0.15, 0.2) is 0 Å². The van der Waals surface area contributed by atoms with Crippen molar-refractivity contribution in [2.24, 2.45) is 0 Å². The minimum absolute atomic E-state index is 0. The molecule has 1 rings (SSSR count). The molecule has 0 spiro atoms. The smallest absolute Gasteiger partial charge is 0.304 e. The van der Waals surface area contributed by atoms with Crippen LogP contribution in [0.15, 0.2) is 0 Å². The Morgan fingerprint density at radius 1 is 1.33 bits per heavy atom. The maximum absolute atomic E-state index is 10.5. The summed E-state index contributed by atoms with van der Waals surface area (Å²) in [5, 5.41) is 12.0. The first-order valence-corrected chi connectivity index (χ1v) is 5.66. The van der Waals surface area contributed by atoms with Gasteiger partial charge in [0.05, 0.1) is 6.42 Å². The van der Waals surface area contributed by atoms with E-state index in [9.17, 15) is 4.79 Å². The number of carbonyl (C=O) groups is 1. The Balaban J connectivity index is 0.00000196. The molecule has 1 saturated carbocycles. The minimum atomic E-state index is -0.710. The number of nitrogens with one attached hydrogen (secondary N) is 1. The van der Waals surface area contributed by atoms with Crippen LogP contribution in [-0.2, 0) is 4.79 Å². The summed E-state index contributed by atoms with van der Waals surface area (Å²) in [6.45, 7) is 1.96. The van der Waals surface area contributed by atoms with Gasteiger partial charge in [-0.2, -0.15) is 0 Å². The van der Waals surface area contributed by atoms with Crippen molar-refractivity contribution in [3.05, 3.63) is 0 Å². The van der Waals surface area contributed by atoms with Crippen molar-refractivity contribution in [1.82, 2.24) is 5.32 Å². The SMILES string of the molecule is CC(CC(=O)O)NC1CCCCCC1.[Na]. The first kappa shape index (κ1) is 15.4. The van der Waals surface area contributed by atoms with E-state index in [2.05, 4.69) is 5.32 Å². The van der Waals surface area contributed by atoms with Crippen LogP contribution in [0.5, 0.6) is 0 Å². The molecule has 1 atom stereocenters. The average molecular weight is 222 g/mol. The molecule has 0 aliphatic heterocycles. The van der Waals surface area contributed by atoms with Gasteiger partial charge in [-0.25, -0.2) is 0 Å². The number of rotatable bonds is 4. The van der Waals surface area contributed by atoms with Crippen LogP contribution in [0.4, 0.5) is 0 Å². The molecular weight excluding hydrogens is 201 g/mol. The van der Waals surface area contributed by atoms with Gasteiger partial charge in [0.25, 0.3) is 0 Å². The molecule has 0 amide bonds. The van der Waals surface area contributed by atoms with Crippen LogP contribution in [0.3, 0.4) is 0 Å². The van der Waals surface area contributed by atoms with Gasteiger partial charge >= 0.3 is 5.97 Å². The van der Waals surface area contributed by atoms with Gasteiger partial charge < -0.3 is 10.4 Å². The van der Waals surface area contributed by atoms with Gasteiger partial charge in [0.2, 0.25) is 0 Å². The summed E-state index contributed by atoms with van der Waals surface area (Å²) in [4.78, 5) is 10.5. The summed E-state index contributed by atoms with van der Waals surface area (Å²) in [5.41, 5.74) is 0. The fourth-order valence-corrected chi connectivity index (χ4v) is 2.17. The number of hydrogen-bond acceptors (Lipinski definition) is 2. The van der Waals surface area contributed by atoms with E-state index in [0.717, 1.165) is 0 Å². The Morgan fingerprint density at radius 3 is 2.33 bits per heavy atom. The van der Waals surface area contributed by atoms with Crippen molar-refractivity contribution in [1.29, 1.82) is 0 Å². The van der Waals surface area contributed by atoms with E-state index < -0.39 is 5.97 Å². The Kier molecular flexibility index (Phi) is 8.81. The third-order valence-electron chi connectivity index (χ3n) is 2.86. The molecule has 1 aliphatic carbocycles. The Hall–Kier alpha value is 0.430. The molecule has 1 fully saturated rings.